The number of benzene rings is 4. The van der Waals surface area contributed by atoms with Gasteiger partial charge in [-0.25, -0.2) is 11.1 Å². The van der Waals surface area contributed by atoms with Crippen molar-refractivity contribution in [3.05, 3.63) is 89.4 Å². The fraction of sp³-hybridized carbons (Fsp3) is 0.200. The summed E-state index contributed by atoms with van der Waals surface area (Å²) in [5.41, 5.74) is 4.83. The van der Waals surface area contributed by atoms with Gasteiger partial charge in [-0.2, -0.15) is 0 Å². The zero-order valence-electron chi connectivity index (χ0n) is 19.4. The number of rotatable bonds is 2. The molecule has 1 aliphatic rings. The Balaban J connectivity index is 1.69. The third-order valence-electron chi connectivity index (χ3n) is 6.93. The number of hydrogen-bond donors (Lipinski definition) is 0. The predicted molar refractivity (Wildman–Crippen MR) is 139 cm³/mol. The topological polar surface area (TPSA) is 8.24 Å². The van der Waals surface area contributed by atoms with Crippen molar-refractivity contribution in [2.45, 2.75) is 42.5 Å². The number of pyridine rings is 1. The maximum atomic E-state index is 7.53. The normalized spacial score (nSPS) is 12.8. The highest BCUT2D eigenvalue weighted by Crippen LogP contribution is 2.50. The molecule has 0 spiro atoms. The van der Waals surface area contributed by atoms with Crippen molar-refractivity contribution in [3.8, 4) is 11.3 Å². The molecule has 33 heavy (non-hydrogen) atoms. The Morgan fingerprint density at radius 1 is 0.909 bits per heavy atom. The number of aromatic nitrogens is 1. The summed E-state index contributed by atoms with van der Waals surface area (Å²) in [5, 5.41) is 7.79. The first-order valence-corrected chi connectivity index (χ1v) is 12.2. The van der Waals surface area contributed by atoms with Crippen molar-refractivity contribution >= 4 is 44.1 Å². The summed E-state index contributed by atoms with van der Waals surface area (Å²) in [6, 6.07) is 22.4. The molecule has 6 rings (SSSR count). The minimum atomic E-state index is -0.389. The van der Waals surface area contributed by atoms with Gasteiger partial charge < -0.3 is 4.85 Å². The van der Waals surface area contributed by atoms with Crippen molar-refractivity contribution < 1.29 is 4.57 Å². The SMILES string of the molecule is [C-]#[N+]C(C)(C)Cc1ccc2cc3c4c([n+](C)ccc4c2c1)-c1c(cc2ccccc2c1C)S3. The van der Waals surface area contributed by atoms with Crippen LogP contribution in [0.2, 0.25) is 0 Å². The monoisotopic (exact) mass is 445 g/mol. The third kappa shape index (κ3) is 3.05. The van der Waals surface area contributed by atoms with E-state index in [-0.39, 0.29) is 5.54 Å². The standard InChI is InChI=1S/C30H25N2S/c1-18-22-9-7-6-8-20(22)15-25-27(18)29-28-23(12-13-32(29)5)24-14-19(17-30(2,3)31-4)10-11-21(24)16-26(28)33-25/h6-16H,17H2,1-3,5H3/q+1. The molecule has 0 saturated carbocycles. The van der Waals surface area contributed by atoms with Crippen molar-refractivity contribution in [1.29, 1.82) is 0 Å². The van der Waals surface area contributed by atoms with E-state index in [4.69, 9.17) is 6.57 Å². The molecule has 2 nitrogen and oxygen atoms in total. The summed E-state index contributed by atoms with van der Waals surface area (Å²) in [7, 11) is 2.16. The number of fused-ring (bicyclic) bond motifs is 5. The molecule has 0 aliphatic carbocycles. The smallest absolute Gasteiger partial charge is 0.231 e. The molecule has 1 aromatic heterocycles. The lowest BCUT2D eigenvalue weighted by Crippen LogP contribution is -2.31. The summed E-state index contributed by atoms with van der Waals surface area (Å²) >= 11 is 1.89. The largest absolute Gasteiger partial charge is 0.311 e. The fourth-order valence-corrected chi connectivity index (χ4v) is 6.59. The van der Waals surface area contributed by atoms with E-state index in [1.807, 2.05) is 25.6 Å². The summed E-state index contributed by atoms with van der Waals surface area (Å²) in [4.78, 5) is 6.47. The Labute approximate surface area is 198 Å². The van der Waals surface area contributed by atoms with E-state index in [9.17, 15) is 0 Å². The molecule has 0 radical (unpaired) electrons. The van der Waals surface area contributed by atoms with Crippen LogP contribution in [0, 0.1) is 13.5 Å². The van der Waals surface area contributed by atoms with Crippen LogP contribution in [0.1, 0.15) is 25.0 Å². The molecular formula is C30H25N2S+. The highest BCUT2D eigenvalue weighted by atomic mass is 32.2. The van der Waals surface area contributed by atoms with Crippen molar-refractivity contribution in [3.63, 3.8) is 0 Å². The highest BCUT2D eigenvalue weighted by molar-refractivity contribution is 7.99. The van der Waals surface area contributed by atoms with Crippen LogP contribution < -0.4 is 4.57 Å². The number of nitrogens with zero attached hydrogens (tertiary/aromatic N) is 2. The van der Waals surface area contributed by atoms with Crippen LogP contribution in [-0.2, 0) is 13.5 Å². The molecule has 0 bridgehead atoms. The van der Waals surface area contributed by atoms with Crippen LogP contribution in [0.15, 0.2) is 76.7 Å². The molecule has 2 heterocycles. The average molecular weight is 446 g/mol. The lowest BCUT2D eigenvalue weighted by atomic mass is 9.91. The van der Waals surface area contributed by atoms with Crippen LogP contribution in [0.3, 0.4) is 0 Å². The molecule has 5 aromatic rings. The Kier molecular flexibility index (Phi) is 4.34. The summed E-state index contributed by atoms with van der Waals surface area (Å²) < 4.78 is 2.28. The Bertz CT molecular complexity index is 1670. The van der Waals surface area contributed by atoms with E-state index in [2.05, 4.69) is 90.2 Å². The van der Waals surface area contributed by atoms with Crippen LogP contribution >= 0.6 is 11.8 Å². The molecule has 0 N–H and O–H groups in total. The second-order valence-electron chi connectivity index (χ2n) is 9.79. The Morgan fingerprint density at radius 2 is 1.67 bits per heavy atom. The quantitative estimate of drug-likeness (QED) is 0.151. The highest BCUT2D eigenvalue weighted by Gasteiger charge is 2.30. The van der Waals surface area contributed by atoms with E-state index in [0.29, 0.717) is 0 Å². The second kappa shape index (κ2) is 7.07. The molecule has 0 atom stereocenters. The first kappa shape index (κ1) is 20.3. The van der Waals surface area contributed by atoms with Gasteiger partial charge in [-0.3, -0.25) is 0 Å². The molecule has 0 amide bonds. The van der Waals surface area contributed by atoms with Gasteiger partial charge in [0.1, 0.15) is 7.05 Å². The van der Waals surface area contributed by atoms with Crippen LogP contribution in [0.4, 0.5) is 0 Å². The number of hydrogen-bond acceptors (Lipinski definition) is 1. The summed E-state index contributed by atoms with van der Waals surface area (Å²) in [6.07, 6.45) is 2.96. The lowest BCUT2D eigenvalue weighted by Gasteiger charge is -2.22. The van der Waals surface area contributed by atoms with Gasteiger partial charge in [-0.05, 0) is 51.7 Å². The molecule has 3 heteroatoms. The van der Waals surface area contributed by atoms with E-state index < -0.39 is 0 Å². The van der Waals surface area contributed by atoms with Gasteiger partial charge in [0.25, 0.3) is 0 Å². The summed E-state index contributed by atoms with van der Waals surface area (Å²) in [6.45, 7) is 13.8. The van der Waals surface area contributed by atoms with Gasteiger partial charge in [0.05, 0.1) is 17.4 Å². The van der Waals surface area contributed by atoms with Gasteiger partial charge in [0, 0.05) is 35.1 Å². The van der Waals surface area contributed by atoms with Gasteiger partial charge >= 0.3 is 0 Å². The summed E-state index contributed by atoms with van der Waals surface area (Å²) in [5.74, 6) is 0. The van der Waals surface area contributed by atoms with E-state index >= 15 is 0 Å². The van der Waals surface area contributed by atoms with Crippen molar-refractivity contribution in [2.24, 2.45) is 7.05 Å². The van der Waals surface area contributed by atoms with Gasteiger partial charge in [0.2, 0.25) is 11.2 Å². The average Bonchev–Trinajstić information content (AvgIpc) is 2.80. The van der Waals surface area contributed by atoms with Crippen LogP contribution in [-0.4, -0.2) is 5.54 Å². The molecule has 160 valence electrons. The molecule has 0 saturated heterocycles. The van der Waals surface area contributed by atoms with Crippen molar-refractivity contribution in [1.82, 2.24) is 0 Å². The molecule has 0 unspecified atom stereocenters. The maximum Gasteiger partial charge on any atom is 0.231 e. The third-order valence-corrected chi connectivity index (χ3v) is 8.02. The Hall–Kier alpha value is -3.35. The van der Waals surface area contributed by atoms with E-state index in [0.717, 1.165) is 6.42 Å². The zero-order valence-corrected chi connectivity index (χ0v) is 20.2. The van der Waals surface area contributed by atoms with Gasteiger partial charge in [-0.15, -0.1) is 0 Å². The minimum absolute atomic E-state index is 0.389. The van der Waals surface area contributed by atoms with Crippen molar-refractivity contribution in [2.75, 3.05) is 0 Å². The fourth-order valence-electron chi connectivity index (χ4n) is 5.32. The lowest BCUT2D eigenvalue weighted by molar-refractivity contribution is -0.659. The molecular weight excluding hydrogens is 420 g/mol. The van der Waals surface area contributed by atoms with E-state index in [1.54, 1.807) is 0 Å². The predicted octanol–water partition coefficient (Wildman–Crippen LogP) is 7.65. The van der Waals surface area contributed by atoms with Crippen LogP contribution in [0.5, 0.6) is 0 Å². The second-order valence-corrected chi connectivity index (χ2v) is 10.9. The zero-order chi connectivity index (χ0) is 22.9. The minimum Gasteiger partial charge on any atom is -0.311 e. The first-order valence-electron chi connectivity index (χ1n) is 11.3. The molecule has 4 aromatic carbocycles. The van der Waals surface area contributed by atoms with E-state index in [1.165, 1.54) is 64.5 Å². The van der Waals surface area contributed by atoms with Gasteiger partial charge in [0.15, 0.2) is 6.20 Å². The Morgan fingerprint density at radius 3 is 2.48 bits per heavy atom. The maximum absolute atomic E-state index is 7.53. The van der Waals surface area contributed by atoms with Crippen LogP contribution in [0.25, 0.3) is 48.4 Å². The first-order chi connectivity index (χ1) is 15.9. The number of aryl methyl sites for hydroxylation is 2. The van der Waals surface area contributed by atoms with Gasteiger partial charge in [-0.1, -0.05) is 54.2 Å². The molecule has 1 aliphatic heterocycles. The molecule has 0 fully saturated rings.